The van der Waals surface area contributed by atoms with Crippen LogP contribution in [0, 0.1) is 6.92 Å². The van der Waals surface area contributed by atoms with Gasteiger partial charge in [-0.2, -0.15) is 0 Å². The molecule has 0 aliphatic heterocycles. The maximum atomic E-state index is 12.6. The standard InChI is InChI=1S/C28H31N3O4S/c1-15-13-20(34-5)21(22-23(15)31-26(32)25-24(22)29-14-36-25)17-11-9-16(10-12-17)18-7-6-8-19(18)30-27(33)35-28(2,3)4/h9-14,18-19H,6-8H2,1-5H3,(H,30,33)(H,31,32). The maximum Gasteiger partial charge on any atom is 0.407 e. The van der Waals surface area contributed by atoms with Crippen molar-refractivity contribution in [2.24, 2.45) is 0 Å². The van der Waals surface area contributed by atoms with Crippen LogP contribution in [-0.4, -0.2) is 34.8 Å². The lowest BCUT2D eigenvalue weighted by atomic mass is 9.90. The van der Waals surface area contributed by atoms with Crippen molar-refractivity contribution in [1.29, 1.82) is 0 Å². The van der Waals surface area contributed by atoms with Crippen LogP contribution in [0.4, 0.5) is 4.79 Å². The molecule has 2 aromatic carbocycles. The van der Waals surface area contributed by atoms with Gasteiger partial charge in [0.1, 0.15) is 16.1 Å². The fourth-order valence-electron chi connectivity index (χ4n) is 5.28. The second-order valence-electron chi connectivity index (χ2n) is 10.4. The van der Waals surface area contributed by atoms with E-state index >= 15 is 0 Å². The molecular weight excluding hydrogens is 474 g/mol. The lowest BCUT2D eigenvalue weighted by molar-refractivity contribution is 0.0501. The van der Waals surface area contributed by atoms with Crippen molar-refractivity contribution in [3.63, 3.8) is 0 Å². The van der Waals surface area contributed by atoms with Crippen molar-refractivity contribution in [2.75, 3.05) is 7.11 Å². The van der Waals surface area contributed by atoms with Gasteiger partial charge in [-0.1, -0.05) is 30.7 Å². The summed E-state index contributed by atoms with van der Waals surface area (Å²) in [6.07, 6.45) is 2.63. The summed E-state index contributed by atoms with van der Waals surface area (Å²) in [4.78, 5) is 32.6. The van der Waals surface area contributed by atoms with E-state index in [1.807, 2.05) is 33.8 Å². The van der Waals surface area contributed by atoms with Crippen molar-refractivity contribution >= 4 is 38.5 Å². The zero-order chi connectivity index (χ0) is 25.6. The molecule has 1 saturated carbocycles. The lowest BCUT2D eigenvalue weighted by Gasteiger charge is -2.25. The molecule has 188 valence electrons. The SMILES string of the molecule is COc1cc(C)c2[nH]c(=O)c3scnc3c2c1-c1ccc(C2CCCC2NC(=O)OC(C)(C)C)cc1. The molecule has 2 heterocycles. The molecule has 7 nitrogen and oxygen atoms in total. The molecule has 0 saturated heterocycles. The number of thiazole rings is 1. The number of nitrogens with zero attached hydrogens (tertiary/aromatic N) is 1. The number of aryl methyl sites for hydroxylation is 1. The first-order valence-electron chi connectivity index (χ1n) is 12.2. The third-order valence-electron chi connectivity index (χ3n) is 6.80. The van der Waals surface area contributed by atoms with Gasteiger partial charge in [0.2, 0.25) is 0 Å². The van der Waals surface area contributed by atoms with Gasteiger partial charge in [0.15, 0.2) is 0 Å². The molecule has 1 amide bonds. The van der Waals surface area contributed by atoms with Gasteiger partial charge < -0.3 is 19.8 Å². The number of aromatic amines is 1. The molecule has 1 aliphatic rings. The van der Waals surface area contributed by atoms with E-state index in [9.17, 15) is 9.59 Å². The third kappa shape index (κ3) is 4.46. The highest BCUT2D eigenvalue weighted by Gasteiger charge is 2.31. The fourth-order valence-corrected chi connectivity index (χ4v) is 5.96. The lowest BCUT2D eigenvalue weighted by Crippen LogP contribution is -2.40. The summed E-state index contributed by atoms with van der Waals surface area (Å²) in [6, 6.07) is 10.4. The molecule has 0 bridgehead atoms. The Kier molecular flexibility index (Phi) is 6.24. The van der Waals surface area contributed by atoms with Crippen LogP contribution in [0.5, 0.6) is 5.75 Å². The highest BCUT2D eigenvalue weighted by Crippen LogP contribution is 2.42. The number of carbonyl (C=O) groups excluding carboxylic acids is 1. The number of methoxy groups -OCH3 is 1. The highest BCUT2D eigenvalue weighted by atomic mass is 32.1. The number of rotatable bonds is 4. The van der Waals surface area contributed by atoms with Crippen LogP contribution in [0.3, 0.4) is 0 Å². The molecule has 0 radical (unpaired) electrons. The molecule has 1 fully saturated rings. The van der Waals surface area contributed by atoms with Crippen molar-refractivity contribution in [3.8, 4) is 16.9 Å². The molecule has 36 heavy (non-hydrogen) atoms. The van der Waals surface area contributed by atoms with E-state index in [2.05, 4.69) is 39.6 Å². The minimum atomic E-state index is -0.525. The summed E-state index contributed by atoms with van der Waals surface area (Å²) in [5.74, 6) is 0.962. The molecular formula is C28H31N3O4S. The molecule has 5 rings (SSSR count). The Labute approximate surface area is 213 Å². The van der Waals surface area contributed by atoms with Crippen LogP contribution in [-0.2, 0) is 4.74 Å². The first-order chi connectivity index (χ1) is 17.2. The summed E-state index contributed by atoms with van der Waals surface area (Å²) < 4.78 is 11.9. The topological polar surface area (TPSA) is 93.3 Å². The molecule has 1 aliphatic carbocycles. The second kappa shape index (κ2) is 9.24. The fraction of sp³-hybridized carbons (Fsp3) is 0.393. The van der Waals surface area contributed by atoms with Gasteiger partial charge in [-0.05, 0) is 63.3 Å². The number of carbonyl (C=O) groups is 1. The van der Waals surface area contributed by atoms with E-state index in [1.165, 1.54) is 16.9 Å². The normalized spacial score (nSPS) is 18.0. The Morgan fingerprint density at radius 1 is 1.19 bits per heavy atom. The molecule has 2 aromatic heterocycles. The Morgan fingerprint density at radius 2 is 1.94 bits per heavy atom. The smallest absolute Gasteiger partial charge is 0.407 e. The Bertz CT molecular complexity index is 1500. The number of amides is 1. The number of aromatic nitrogens is 2. The van der Waals surface area contributed by atoms with Crippen LogP contribution in [0.25, 0.3) is 32.2 Å². The van der Waals surface area contributed by atoms with Gasteiger partial charge in [0, 0.05) is 22.9 Å². The van der Waals surface area contributed by atoms with Gasteiger partial charge in [-0.15, -0.1) is 11.3 Å². The summed E-state index contributed by atoms with van der Waals surface area (Å²) in [6.45, 7) is 7.57. The molecule has 8 heteroatoms. The Morgan fingerprint density at radius 3 is 2.64 bits per heavy atom. The number of pyridine rings is 1. The van der Waals surface area contributed by atoms with Crippen LogP contribution in [0.1, 0.15) is 57.1 Å². The number of hydrogen-bond donors (Lipinski definition) is 2. The zero-order valence-electron chi connectivity index (χ0n) is 21.2. The molecule has 2 N–H and O–H groups in total. The monoisotopic (exact) mass is 505 g/mol. The minimum Gasteiger partial charge on any atom is -0.496 e. The first-order valence-corrected chi connectivity index (χ1v) is 13.1. The average Bonchev–Trinajstić information content (AvgIpc) is 3.49. The Hall–Kier alpha value is -3.39. The van der Waals surface area contributed by atoms with Gasteiger partial charge in [0.25, 0.3) is 5.56 Å². The van der Waals surface area contributed by atoms with E-state index in [1.54, 1.807) is 12.6 Å². The maximum absolute atomic E-state index is 12.6. The first kappa shape index (κ1) is 24.3. The molecule has 0 spiro atoms. The number of H-pyrrole nitrogens is 1. The van der Waals surface area contributed by atoms with Gasteiger partial charge >= 0.3 is 6.09 Å². The predicted molar refractivity (Wildman–Crippen MR) is 144 cm³/mol. The van der Waals surface area contributed by atoms with Crippen molar-refractivity contribution in [2.45, 2.75) is 64.5 Å². The number of hydrogen-bond acceptors (Lipinski definition) is 6. The van der Waals surface area contributed by atoms with E-state index in [4.69, 9.17) is 9.47 Å². The predicted octanol–water partition coefficient (Wildman–Crippen LogP) is 6.28. The van der Waals surface area contributed by atoms with Crippen LogP contribution in [0.2, 0.25) is 0 Å². The van der Waals surface area contributed by atoms with Crippen LogP contribution in [0.15, 0.2) is 40.6 Å². The van der Waals surface area contributed by atoms with E-state index < -0.39 is 5.60 Å². The van der Waals surface area contributed by atoms with Gasteiger partial charge in [-0.25, -0.2) is 9.78 Å². The number of benzene rings is 2. The molecule has 2 unspecified atom stereocenters. The Balaban J connectivity index is 1.53. The van der Waals surface area contributed by atoms with Gasteiger partial charge in [0.05, 0.1) is 23.7 Å². The highest BCUT2D eigenvalue weighted by molar-refractivity contribution is 7.16. The summed E-state index contributed by atoms with van der Waals surface area (Å²) in [5, 5.41) is 3.97. The number of fused-ring (bicyclic) bond motifs is 3. The van der Waals surface area contributed by atoms with E-state index in [-0.39, 0.29) is 23.6 Å². The van der Waals surface area contributed by atoms with Crippen LogP contribution < -0.4 is 15.6 Å². The second-order valence-corrected chi connectivity index (χ2v) is 11.3. The largest absolute Gasteiger partial charge is 0.496 e. The van der Waals surface area contributed by atoms with Gasteiger partial charge in [-0.3, -0.25) is 4.79 Å². The number of nitrogens with one attached hydrogen (secondary N) is 2. The number of ether oxygens (including phenoxy) is 2. The van der Waals surface area contributed by atoms with Crippen LogP contribution >= 0.6 is 11.3 Å². The van der Waals surface area contributed by atoms with Crippen molar-refractivity contribution in [3.05, 3.63) is 57.3 Å². The van der Waals surface area contributed by atoms with Crippen molar-refractivity contribution in [1.82, 2.24) is 15.3 Å². The third-order valence-corrected chi connectivity index (χ3v) is 7.63. The van der Waals surface area contributed by atoms with E-state index in [0.717, 1.165) is 52.6 Å². The summed E-state index contributed by atoms with van der Waals surface area (Å²) in [5.41, 5.74) is 6.52. The summed E-state index contributed by atoms with van der Waals surface area (Å²) in [7, 11) is 1.66. The quantitative estimate of drug-likeness (QED) is 0.340. The molecule has 4 aromatic rings. The zero-order valence-corrected chi connectivity index (χ0v) is 22.0. The van der Waals surface area contributed by atoms with Crippen molar-refractivity contribution < 1.29 is 14.3 Å². The number of alkyl carbamates (subject to hydrolysis) is 1. The van der Waals surface area contributed by atoms with E-state index in [0.29, 0.717) is 10.2 Å². The average molecular weight is 506 g/mol. The molecule has 2 atom stereocenters. The summed E-state index contributed by atoms with van der Waals surface area (Å²) >= 11 is 1.34. The minimum absolute atomic E-state index is 0.0418.